The van der Waals surface area contributed by atoms with Crippen molar-refractivity contribution in [1.82, 2.24) is 4.90 Å². The average molecular weight is 354 g/mol. The van der Waals surface area contributed by atoms with Gasteiger partial charge in [0.05, 0.1) is 5.92 Å². The number of likely N-dealkylation sites (tertiary alicyclic amines) is 1. The molecule has 1 saturated carbocycles. The van der Waals surface area contributed by atoms with Crippen molar-refractivity contribution in [2.24, 2.45) is 11.8 Å². The van der Waals surface area contributed by atoms with E-state index in [1.807, 2.05) is 17.0 Å². The molecule has 1 aromatic rings. The molecule has 2 atom stereocenters. The van der Waals surface area contributed by atoms with Gasteiger partial charge in [0.25, 0.3) is 0 Å². The normalized spacial score (nSPS) is 26.3. The van der Waals surface area contributed by atoms with Crippen LogP contribution in [0.3, 0.4) is 0 Å². The Morgan fingerprint density at radius 2 is 1.42 bits per heavy atom. The highest BCUT2D eigenvalue weighted by Crippen LogP contribution is 2.36. The van der Waals surface area contributed by atoms with Gasteiger partial charge in [0.2, 0.25) is 11.8 Å². The fourth-order valence-corrected chi connectivity index (χ4v) is 5.01. The van der Waals surface area contributed by atoms with Crippen LogP contribution in [0.1, 0.15) is 56.9 Å². The molecule has 4 heteroatoms. The summed E-state index contributed by atoms with van der Waals surface area (Å²) in [4.78, 5) is 30.6. The minimum Gasteiger partial charge on any atom is -0.342 e. The molecule has 2 aliphatic heterocycles. The van der Waals surface area contributed by atoms with E-state index in [2.05, 4.69) is 17.0 Å². The van der Waals surface area contributed by atoms with Crippen molar-refractivity contribution < 1.29 is 9.59 Å². The maximum absolute atomic E-state index is 13.4. The summed E-state index contributed by atoms with van der Waals surface area (Å²) in [5, 5.41) is 0. The fraction of sp³-hybridized carbons (Fsp3) is 0.636. The van der Waals surface area contributed by atoms with Crippen LogP contribution < -0.4 is 4.90 Å². The maximum atomic E-state index is 13.4. The molecular weight excluding hydrogens is 324 g/mol. The van der Waals surface area contributed by atoms with E-state index in [0.29, 0.717) is 0 Å². The predicted octanol–water partition coefficient (Wildman–Crippen LogP) is 3.78. The lowest BCUT2D eigenvalue weighted by molar-refractivity contribution is -0.142. The van der Waals surface area contributed by atoms with Gasteiger partial charge in [-0.2, -0.15) is 0 Å². The number of hydrogen-bond acceptors (Lipinski definition) is 2. The summed E-state index contributed by atoms with van der Waals surface area (Å²) < 4.78 is 0. The first-order chi connectivity index (χ1) is 12.8. The predicted molar refractivity (Wildman–Crippen MR) is 103 cm³/mol. The van der Waals surface area contributed by atoms with Crippen LogP contribution in [0.2, 0.25) is 0 Å². The Morgan fingerprint density at radius 3 is 2.15 bits per heavy atom. The highest BCUT2D eigenvalue weighted by Gasteiger charge is 2.41. The molecule has 140 valence electrons. The molecule has 0 aromatic heterocycles. The van der Waals surface area contributed by atoms with Crippen molar-refractivity contribution in [3.8, 4) is 0 Å². The summed E-state index contributed by atoms with van der Waals surface area (Å²) in [5.74, 6) is 0.188. The van der Waals surface area contributed by atoms with Gasteiger partial charge in [0.15, 0.2) is 0 Å². The van der Waals surface area contributed by atoms with Gasteiger partial charge in [0.1, 0.15) is 0 Å². The van der Waals surface area contributed by atoms with Crippen LogP contribution in [0.4, 0.5) is 5.69 Å². The minimum absolute atomic E-state index is 0.109. The fourth-order valence-electron chi connectivity index (χ4n) is 5.01. The number of anilines is 1. The van der Waals surface area contributed by atoms with E-state index in [4.69, 9.17) is 0 Å². The minimum atomic E-state index is -0.134. The number of para-hydroxylation sites is 1. The molecule has 1 saturated heterocycles. The average Bonchev–Trinajstić information content (AvgIpc) is 2.93. The zero-order valence-corrected chi connectivity index (χ0v) is 15.7. The van der Waals surface area contributed by atoms with E-state index in [-0.39, 0.29) is 23.7 Å². The van der Waals surface area contributed by atoms with Crippen molar-refractivity contribution in [2.45, 2.75) is 57.8 Å². The van der Waals surface area contributed by atoms with Gasteiger partial charge in [-0.05, 0) is 43.7 Å². The van der Waals surface area contributed by atoms with Gasteiger partial charge < -0.3 is 9.80 Å². The zero-order valence-electron chi connectivity index (χ0n) is 15.7. The third-order valence-electron chi connectivity index (χ3n) is 6.47. The zero-order chi connectivity index (χ0) is 17.9. The molecule has 0 N–H and O–H groups in total. The quantitative estimate of drug-likeness (QED) is 0.811. The molecule has 2 fully saturated rings. The molecular formula is C22H30N2O2. The summed E-state index contributed by atoms with van der Waals surface area (Å²) in [5.41, 5.74) is 2.32. The van der Waals surface area contributed by atoms with Crippen LogP contribution in [0.25, 0.3) is 0 Å². The van der Waals surface area contributed by atoms with E-state index in [0.717, 1.165) is 70.3 Å². The van der Waals surface area contributed by atoms with Crippen LogP contribution in [0, 0.1) is 11.8 Å². The lowest BCUT2D eigenvalue weighted by Crippen LogP contribution is -2.46. The molecule has 0 radical (unpaired) electrons. The van der Waals surface area contributed by atoms with Crippen LogP contribution in [-0.2, 0) is 16.0 Å². The lowest BCUT2D eigenvalue weighted by Gasteiger charge is -2.35. The number of carbonyl (C=O) groups excluding carboxylic acids is 2. The second kappa shape index (κ2) is 7.81. The molecule has 0 unspecified atom stereocenters. The van der Waals surface area contributed by atoms with Crippen molar-refractivity contribution in [3.63, 3.8) is 0 Å². The Labute approximate surface area is 156 Å². The van der Waals surface area contributed by atoms with E-state index in [9.17, 15) is 9.59 Å². The van der Waals surface area contributed by atoms with Gasteiger partial charge in [-0.3, -0.25) is 9.59 Å². The SMILES string of the molecule is O=C([C@H]1CCCC[C@H]1C(=O)N1CCc2ccccc21)N1CCCCCC1. The third-order valence-corrected chi connectivity index (χ3v) is 6.47. The Morgan fingerprint density at radius 1 is 0.769 bits per heavy atom. The molecule has 0 spiro atoms. The Hall–Kier alpha value is -1.84. The first-order valence-electron chi connectivity index (χ1n) is 10.4. The summed E-state index contributed by atoms with van der Waals surface area (Å²) >= 11 is 0. The number of carbonyl (C=O) groups is 2. The molecule has 1 aromatic carbocycles. The number of rotatable bonds is 2. The summed E-state index contributed by atoms with van der Waals surface area (Å²) in [6.07, 6.45) is 9.47. The van der Waals surface area contributed by atoms with E-state index < -0.39 is 0 Å². The summed E-state index contributed by atoms with van der Waals surface area (Å²) in [6, 6.07) is 8.21. The molecule has 26 heavy (non-hydrogen) atoms. The number of nitrogens with zero attached hydrogens (tertiary/aromatic N) is 2. The first kappa shape index (κ1) is 17.6. The number of fused-ring (bicyclic) bond motifs is 1. The van der Waals surface area contributed by atoms with Gasteiger partial charge in [0, 0.05) is 31.2 Å². The Bertz CT molecular complexity index is 664. The van der Waals surface area contributed by atoms with Crippen molar-refractivity contribution in [3.05, 3.63) is 29.8 Å². The van der Waals surface area contributed by atoms with E-state index in [1.54, 1.807) is 0 Å². The first-order valence-corrected chi connectivity index (χ1v) is 10.4. The van der Waals surface area contributed by atoms with E-state index >= 15 is 0 Å². The summed E-state index contributed by atoms with van der Waals surface area (Å²) in [7, 11) is 0. The topological polar surface area (TPSA) is 40.6 Å². The molecule has 4 nitrogen and oxygen atoms in total. The van der Waals surface area contributed by atoms with Crippen LogP contribution >= 0.6 is 0 Å². The van der Waals surface area contributed by atoms with Gasteiger partial charge >= 0.3 is 0 Å². The highest BCUT2D eigenvalue weighted by molar-refractivity contribution is 5.99. The van der Waals surface area contributed by atoms with Gasteiger partial charge in [-0.15, -0.1) is 0 Å². The lowest BCUT2D eigenvalue weighted by atomic mass is 9.77. The highest BCUT2D eigenvalue weighted by atomic mass is 16.2. The smallest absolute Gasteiger partial charge is 0.230 e. The van der Waals surface area contributed by atoms with Crippen molar-refractivity contribution in [2.75, 3.05) is 24.5 Å². The largest absolute Gasteiger partial charge is 0.342 e. The molecule has 2 heterocycles. The number of amides is 2. The monoisotopic (exact) mass is 354 g/mol. The van der Waals surface area contributed by atoms with Crippen LogP contribution in [0.5, 0.6) is 0 Å². The molecule has 0 bridgehead atoms. The van der Waals surface area contributed by atoms with Crippen LogP contribution in [-0.4, -0.2) is 36.3 Å². The Balaban J connectivity index is 1.52. The molecule has 1 aliphatic carbocycles. The van der Waals surface area contributed by atoms with E-state index in [1.165, 1.54) is 18.4 Å². The maximum Gasteiger partial charge on any atom is 0.230 e. The summed E-state index contributed by atoms with van der Waals surface area (Å²) in [6.45, 7) is 2.52. The van der Waals surface area contributed by atoms with Crippen molar-refractivity contribution in [1.29, 1.82) is 0 Å². The second-order valence-corrected chi connectivity index (χ2v) is 8.11. The van der Waals surface area contributed by atoms with Crippen molar-refractivity contribution >= 4 is 17.5 Å². The van der Waals surface area contributed by atoms with Gasteiger partial charge in [-0.25, -0.2) is 0 Å². The molecule has 2 amide bonds. The third kappa shape index (κ3) is 3.38. The Kier molecular flexibility index (Phi) is 5.28. The standard InChI is InChI=1S/C22H30N2O2/c25-21(23-14-7-1-2-8-15-23)18-10-4-5-11-19(18)22(26)24-16-13-17-9-3-6-12-20(17)24/h3,6,9,12,18-19H,1-2,4-5,7-8,10-11,13-16H2/t18-,19+/m0/s1. The number of hydrogen-bond donors (Lipinski definition) is 0. The van der Waals surface area contributed by atoms with Crippen LogP contribution in [0.15, 0.2) is 24.3 Å². The number of benzene rings is 1. The molecule has 3 aliphatic rings. The molecule has 4 rings (SSSR count). The second-order valence-electron chi connectivity index (χ2n) is 8.11. The van der Waals surface area contributed by atoms with Gasteiger partial charge in [-0.1, -0.05) is 43.9 Å².